The van der Waals surface area contributed by atoms with E-state index in [2.05, 4.69) is 12.2 Å². The SMILES string of the molecule is CCC(NC(=O)c1cccc(OC)c1O)C1CCCCC1. The van der Waals surface area contributed by atoms with Crippen molar-refractivity contribution >= 4 is 5.91 Å². The van der Waals surface area contributed by atoms with Crippen LogP contribution in [0.5, 0.6) is 11.5 Å². The van der Waals surface area contributed by atoms with Crippen LogP contribution in [0.15, 0.2) is 18.2 Å². The molecule has 1 aromatic rings. The van der Waals surface area contributed by atoms with Gasteiger partial charge in [-0.1, -0.05) is 32.3 Å². The Morgan fingerprint density at radius 1 is 1.38 bits per heavy atom. The average Bonchev–Trinajstić information content (AvgIpc) is 2.53. The topological polar surface area (TPSA) is 58.6 Å². The van der Waals surface area contributed by atoms with Gasteiger partial charge in [-0.05, 0) is 37.3 Å². The van der Waals surface area contributed by atoms with Gasteiger partial charge in [-0.15, -0.1) is 0 Å². The van der Waals surface area contributed by atoms with Gasteiger partial charge >= 0.3 is 0 Å². The van der Waals surface area contributed by atoms with Crippen molar-refractivity contribution in [3.05, 3.63) is 23.8 Å². The maximum atomic E-state index is 12.4. The Morgan fingerprint density at radius 2 is 2.10 bits per heavy atom. The number of methoxy groups -OCH3 is 1. The Hall–Kier alpha value is -1.71. The van der Waals surface area contributed by atoms with Crippen LogP contribution in [0.4, 0.5) is 0 Å². The van der Waals surface area contributed by atoms with Gasteiger partial charge in [0.1, 0.15) is 0 Å². The molecule has 2 N–H and O–H groups in total. The molecule has 1 aliphatic rings. The highest BCUT2D eigenvalue weighted by Crippen LogP contribution is 2.31. The first-order valence-corrected chi connectivity index (χ1v) is 7.84. The molecule has 1 unspecified atom stereocenters. The first kappa shape index (κ1) is 15.7. The smallest absolute Gasteiger partial charge is 0.255 e. The lowest BCUT2D eigenvalue weighted by molar-refractivity contribution is 0.0908. The standard InChI is InChI=1S/C17H25NO3/c1-3-14(12-8-5-4-6-9-12)18-17(20)13-10-7-11-15(21-2)16(13)19/h7,10-12,14,19H,3-6,8-9H2,1-2H3,(H,18,20). The summed E-state index contributed by atoms with van der Waals surface area (Å²) in [5.74, 6) is 0.577. The highest BCUT2D eigenvalue weighted by Gasteiger charge is 2.25. The van der Waals surface area contributed by atoms with Crippen molar-refractivity contribution in [3.8, 4) is 11.5 Å². The molecule has 1 aromatic carbocycles. The van der Waals surface area contributed by atoms with Gasteiger partial charge in [-0.2, -0.15) is 0 Å². The third-order valence-electron chi connectivity index (χ3n) is 4.44. The first-order chi connectivity index (χ1) is 10.2. The molecule has 2 rings (SSSR count). The van der Waals surface area contributed by atoms with Crippen LogP contribution >= 0.6 is 0 Å². The van der Waals surface area contributed by atoms with Gasteiger partial charge in [0.2, 0.25) is 0 Å². The Labute approximate surface area is 126 Å². The largest absolute Gasteiger partial charge is 0.504 e. The van der Waals surface area contributed by atoms with Crippen molar-refractivity contribution in [1.29, 1.82) is 0 Å². The molecule has 1 atom stereocenters. The molecule has 1 saturated carbocycles. The number of nitrogens with one attached hydrogen (secondary N) is 1. The fraction of sp³-hybridized carbons (Fsp3) is 0.588. The van der Waals surface area contributed by atoms with Crippen molar-refractivity contribution in [2.24, 2.45) is 5.92 Å². The van der Waals surface area contributed by atoms with Crippen LogP contribution < -0.4 is 10.1 Å². The summed E-state index contributed by atoms with van der Waals surface area (Å²) in [4.78, 5) is 12.4. The minimum absolute atomic E-state index is 0.0870. The summed E-state index contributed by atoms with van der Waals surface area (Å²) in [6.07, 6.45) is 7.09. The second-order valence-corrected chi connectivity index (χ2v) is 5.74. The lowest BCUT2D eigenvalue weighted by Gasteiger charge is -2.30. The maximum Gasteiger partial charge on any atom is 0.255 e. The molecule has 0 radical (unpaired) electrons. The molecular weight excluding hydrogens is 266 g/mol. The van der Waals surface area contributed by atoms with E-state index in [0.717, 1.165) is 6.42 Å². The quantitative estimate of drug-likeness (QED) is 0.873. The molecule has 1 aliphatic carbocycles. The molecule has 0 bridgehead atoms. The molecule has 21 heavy (non-hydrogen) atoms. The van der Waals surface area contributed by atoms with Crippen LogP contribution in [0.2, 0.25) is 0 Å². The van der Waals surface area contributed by atoms with Crippen LogP contribution in [0.25, 0.3) is 0 Å². The number of carbonyl (C=O) groups excluding carboxylic acids is 1. The second-order valence-electron chi connectivity index (χ2n) is 5.74. The molecule has 0 aromatic heterocycles. The van der Waals surface area contributed by atoms with E-state index in [1.165, 1.54) is 39.2 Å². The third kappa shape index (κ3) is 3.69. The van der Waals surface area contributed by atoms with Crippen molar-refractivity contribution in [2.75, 3.05) is 7.11 Å². The molecule has 116 valence electrons. The monoisotopic (exact) mass is 291 g/mol. The van der Waals surface area contributed by atoms with Gasteiger partial charge in [0, 0.05) is 6.04 Å². The number of carbonyl (C=O) groups is 1. The van der Waals surface area contributed by atoms with Gasteiger partial charge in [-0.25, -0.2) is 0 Å². The molecule has 0 spiro atoms. The van der Waals surface area contributed by atoms with Crippen LogP contribution in [0.1, 0.15) is 55.8 Å². The van der Waals surface area contributed by atoms with Gasteiger partial charge < -0.3 is 15.2 Å². The number of hydrogen-bond donors (Lipinski definition) is 2. The highest BCUT2D eigenvalue weighted by molar-refractivity contribution is 5.97. The van der Waals surface area contributed by atoms with Gasteiger partial charge in [-0.3, -0.25) is 4.79 Å². The summed E-state index contributed by atoms with van der Waals surface area (Å²) in [7, 11) is 1.48. The van der Waals surface area contributed by atoms with E-state index in [1.807, 2.05) is 0 Å². The minimum atomic E-state index is -0.219. The maximum absolute atomic E-state index is 12.4. The molecule has 1 amide bonds. The summed E-state index contributed by atoms with van der Waals surface area (Å²) in [6.45, 7) is 2.10. The molecule has 0 aliphatic heterocycles. The Morgan fingerprint density at radius 3 is 2.71 bits per heavy atom. The normalized spacial score (nSPS) is 17.2. The van der Waals surface area contributed by atoms with E-state index in [0.29, 0.717) is 11.7 Å². The first-order valence-electron chi connectivity index (χ1n) is 7.84. The number of aromatic hydroxyl groups is 1. The number of phenolic OH excluding ortho intramolecular Hbond substituents is 1. The minimum Gasteiger partial charge on any atom is -0.504 e. The Balaban J connectivity index is 2.08. The van der Waals surface area contributed by atoms with Crippen LogP contribution in [-0.2, 0) is 0 Å². The van der Waals surface area contributed by atoms with Crippen LogP contribution in [-0.4, -0.2) is 24.2 Å². The van der Waals surface area contributed by atoms with E-state index >= 15 is 0 Å². The number of rotatable bonds is 5. The summed E-state index contributed by atoms with van der Waals surface area (Å²) >= 11 is 0. The lowest BCUT2D eigenvalue weighted by atomic mass is 9.83. The van der Waals surface area contributed by atoms with Crippen molar-refractivity contribution < 1.29 is 14.6 Å². The zero-order valence-corrected chi connectivity index (χ0v) is 12.9. The van der Waals surface area contributed by atoms with E-state index in [-0.39, 0.29) is 23.3 Å². The molecule has 4 nitrogen and oxygen atoms in total. The van der Waals surface area contributed by atoms with E-state index in [1.54, 1.807) is 18.2 Å². The zero-order valence-electron chi connectivity index (χ0n) is 12.9. The van der Waals surface area contributed by atoms with Gasteiger partial charge in [0.15, 0.2) is 11.5 Å². The number of ether oxygens (including phenoxy) is 1. The Bertz CT molecular complexity index is 481. The van der Waals surface area contributed by atoms with Crippen molar-refractivity contribution in [1.82, 2.24) is 5.32 Å². The Kier molecular flexibility index (Phi) is 5.48. The number of para-hydroxylation sites is 1. The summed E-state index contributed by atoms with van der Waals surface area (Å²) in [5.41, 5.74) is 0.281. The second kappa shape index (κ2) is 7.34. The third-order valence-corrected chi connectivity index (χ3v) is 4.44. The van der Waals surface area contributed by atoms with Crippen LogP contribution in [0, 0.1) is 5.92 Å². The molecule has 0 heterocycles. The lowest BCUT2D eigenvalue weighted by Crippen LogP contribution is -2.40. The number of phenols is 1. The zero-order chi connectivity index (χ0) is 15.2. The summed E-state index contributed by atoms with van der Waals surface area (Å²) < 4.78 is 5.05. The number of benzene rings is 1. The van der Waals surface area contributed by atoms with Crippen LogP contribution in [0.3, 0.4) is 0 Å². The summed E-state index contributed by atoms with van der Waals surface area (Å²) in [6, 6.07) is 5.17. The van der Waals surface area contributed by atoms with E-state index in [4.69, 9.17) is 4.74 Å². The fourth-order valence-electron chi connectivity index (χ4n) is 3.21. The van der Waals surface area contributed by atoms with Gasteiger partial charge in [0.25, 0.3) is 5.91 Å². The molecule has 0 saturated heterocycles. The van der Waals surface area contributed by atoms with E-state index in [9.17, 15) is 9.90 Å². The van der Waals surface area contributed by atoms with Crippen molar-refractivity contribution in [2.45, 2.75) is 51.5 Å². The van der Waals surface area contributed by atoms with E-state index < -0.39 is 0 Å². The number of hydrogen-bond acceptors (Lipinski definition) is 3. The fourth-order valence-corrected chi connectivity index (χ4v) is 3.21. The van der Waals surface area contributed by atoms with Gasteiger partial charge in [0.05, 0.1) is 12.7 Å². The summed E-state index contributed by atoms with van der Waals surface area (Å²) in [5, 5.41) is 13.2. The highest BCUT2D eigenvalue weighted by atomic mass is 16.5. The average molecular weight is 291 g/mol. The molecule has 4 heteroatoms. The predicted molar refractivity (Wildman–Crippen MR) is 82.8 cm³/mol. The number of amides is 1. The molecular formula is C17H25NO3. The van der Waals surface area contributed by atoms with Crippen molar-refractivity contribution in [3.63, 3.8) is 0 Å². The predicted octanol–water partition coefficient (Wildman–Crippen LogP) is 3.49. The molecule has 1 fully saturated rings.